The number of piperidine rings is 1. The molecule has 2 aromatic heterocycles. The second-order valence-electron chi connectivity index (χ2n) is 10.5. The van der Waals surface area contributed by atoms with Crippen LogP contribution in [0.3, 0.4) is 0 Å². The Bertz CT molecular complexity index is 996. The number of carbonyl (C=O) groups is 2. The first-order chi connectivity index (χ1) is 17.7. The Morgan fingerprint density at radius 3 is 2.57 bits per heavy atom. The van der Waals surface area contributed by atoms with Gasteiger partial charge in [-0.2, -0.15) is 11.3 Å². The van der Waals surface area contributed by atoms with Crippen LogP contribution in [0.5, 0.6) is 0 Å². The Morgan fingerprint density at radius 1 is 1.24 bits per heavy atom. The lowest BCUT2D eigenvalue weighted by molar-refractivity contribution is 0.0565. The molecule has 37 heavy (non-hydrogen) atoms. The van der Waals surface area contributed by atoms with Crippen molar-refractivity contribution < 1.29 is 14.4 Å². The van der Waals surface area contributed by atoms with Gasteiger partial charge in [-0.15, -0.1) is 0 Å². The minimum Gasteiger partial charge on any atom is -0.352 e. The average molecular weight is 530 g/mol. The maximum absolute atomic E-state index is 12.9. The molecular formula is C28H43N5O3S. The van der Waals surface area contributed by atoms with Crippen molar-refractivity contribution in [2.24, 2.45) is 5.92 Å². The molecule has 0 aliphatic carbocycles. The van der Waals surface area contributed by atoms with Crippen LogP contribution in [0.1, 0.15) is 72.9 Å². The number of nitrogens with one attached hydrogen (secondary N) is 2. The van der Waals surface area contributed by atoms with E-state index in [0.29, 0.717) is 30.6 Å². The molecule has 3 heterocycles. The van der Waals surface area contributed by atoms with E-state index < -0.39 is 0 Å². The van der Waals surface area contributed by atoms with Crippen molar-refractivity contribution in [2.45, 2.75) is 78.9 Å². The summed E-state index contributed by atoms with van der Waals surface area (Å²) in [5.41, 5.74) is 7.16. The lowest BCUT2D eigenvalue weighted by atomic mass is 10.0. The number of thiophene rings is 1. The molecule has 1 saturated heterocycles. The van der Waals surface area contributed by atoms with Gasteiger partial charge in [-0.3, -0.25) is 14.6 Å². The number of hydrogen-bond donors (Lipinski definition) is 2. The van der Waals surface area contributed by atoms with E-state index in [-0.39, 0.29) is 18.0 Å². The number of aryl methyl sites for hydroxylation is 2. The van der Waals surface area contributed by atoms with E-state index in [9.17, 15) is 9.59 Å². The highest BCUT2D eigenvalue weighted by molar-refractivity contribution is 7.07. The molecule has 1 aliphatic heterocycles. The monoisotopic (exact) mass is 529 g/mol. The van der Waals surface area contributed by atoms with Crippen molar-refractivity contribution in [2.75, 3.05) is 26.7 Å². The third-order valence-corrected chi connectivity index (χ3v) is 7.82. The largest absolute Gasteiger partial charge is 0.352 e. The van der Waals surface area contributed by atoms with Crippen LogP contribution in [-0.4, -0.2) is 65.5 Å². The first kappa shape index (κ1) is 29.1. The van der Waals surface area contributed by atoms with Gasteiger partial charge < -0.3 is 15.1 Å². The molecule has 0 saturated carbocycles. The molecule has 8 nitrogen and oxygen atoms in total. The number of hydroxylamine groups is 1. The number of carbonyl (C=O) groups excluding carboxylic acids is 2. The molecule has 204 valence electrons. The minimum atomic E-state index is -0.194. The standard InChI is InChI=1S/C28H43N5O3S/c1-19(2)15-24-16-20(3)26(22(5)30-24)27(34)29-11-7-21(4)32-12-8-25(9-13-32)33(28(35)31-36-6)17-23-10-14-37-18-23/h10,14,16,18-19,21,25H,7-9,11-13,15,17H2,1-6H3,(H,29,34)(H,31,35). The molecule has 0 bridgehead atoms. The molecule has 2 N–H and O–H groups in total. The van der Waals surface area contributed by atoms with Crippen molar-refractivity contribution in [3.05, 3.63) is 51.0 Å². The number of likely N-dealkylation sites (tertiary alicyclic amines) is 1. The Kier molecular flexibility index (Phi) is 10.9. The summed E-state index contributed by atoms with van der Waals surface area (Å²) < 4.78 is 0. The van der Waals surface area contributed by atoms with Crippen LogP contribution < -0.4 is 10.8 Å². The minimum absolute atomic E-state index is 0.0438. The average Bonchev–Trinajstić information content (AvgIpc) is 3.35. The lowest BCUT2D eigenvalue weighted by Crippen LogP contribution is -2.51. The van der Waals surface area contributed by atoms with Gasteiger partial charge in [0, 0.05) is 44.0 Å². The molecule has 1 aliphatic rings. The second-order valence-corrected chi connectivity index (χ2v) is 11.3. The summed E-state index contributed by atoms with van der Waals surface area (Å²) in [6.07, 6.45) is 3.60. The lowest BCUT2D eigenvalue weighted by Gasteiger charge is -2.40. The third-order valence-electron chi connectivity index (χ3n) is 7.09. The summed E-state index contributed by atoms with van der Waals surface area (Å²) in [4.78, 5) is 39.5. The molecule has 3 amide bonds. The van der Waals surface area contributed by atoms with Gasteiger partial charge in [0.1, 0.15) is 0 Å². The highest BCUT2D eigenvalue weighted by Gasteiger charge is 2.30. The van der Waals surface area contributed by atoms with Crippen LogP contribution in [0.15, 0.2) is 22.9 Å². The molecule has 3 rings (SSSR count). The highest BCUT2D eigenvalue weighted by Crippen LogP contribution is 2.22. The zero-order valence-electron chi connectivity index (χ0n) is 23.2. The Balaban J connectivity index is 1.48. The van der Waals surface area contributed by atoms with Gasteiger partial charge in [0.05, 0.1) is 18.4 Å². The predicted molar refractivity (Wildman–Crippen MR) is 149 cm³/mol. The summed E-state index contributed by atoms with van der Waals surface area (Å²) in [5.74, 6) is 0.488. The molecular weight excluding hydrogens is 486 g/mol. The Morgan fingerprint density at radius 2 is 1.97 bits per heavy atom. The van der Waals surface area contributed by atoms with Crippen LogP contribution in [0.4, 0.5) is 4.79 Å². The van der Waals surface area contributed by atoms with E-state index in [1.165, 1.54) is 7.11 Å². The first-order valence-electron chi connectivity index (χ1n) is 13.3. The smallest absolute Gasteiger partial charge is 0.341 e. The van der Waals surface area contributed by atoms with Crippen molar-refractivity contribution >= 4 is 23.3 Å². The Labute approximate surface area is 225 Å². The predicted octanol–water partition coefficient (Wildman–Crippen LogP) is 4.70. The van der Waals surface area contributed by atoms with E-state index in [2.05, 4.69) is 52.9 Å². The van der Waals surface area contributed by atoms with Crippen molar-refractivity contribution in [1.82, 2.24) is 25.6 Å². The van der Waals surface area contributed by atoms with Gasteiger partial charge in [-0.1, -0.05) is 13.8 Å². The van der Waals surface area contributed by atoms with Gasteiger partial charge in [-0.25, -0.2) is 10.3 Å². The maximum Gasteiger partial charge on any atom is 0.341 e. The zero-order valence-corrected chi connectivity index (χ0v) is 24.0. The number of rotatable bonds is 11. The van der Waals surface area contributed by atoms with Crippen LogP contribution in [-0.2, 0) is 17.8 Å². The van der Waals surface area contributed by atoms with Crippen LogP contribution in [0.2, 0.25) is 0 Å². The zero-order chi connectivity index (χ0) is 26.9. The molecule has 1 unspecified atom stereocenters. The number of nitrogens with zero attached hydrogens (tertiary/aromatic N) is 3. The van der Waals surface area contributed by atoms with Crippen LogP contribution in [0, 0.1) is 19.8 Å². The van der Waals surface area contributed by atoms with Gasteiger partial charge in [0.2, 0.25) is 0 Å². The number of urea groups is 1. The van der Waals surface area contributed by atoms with E-state index in [4.69, 9.17) is 4.84 Å². The van der Waals surface area contributed by atoms with Crippen molar-refractivity contribution in [1.29, 1.82) is 0 Å². The summed E-state index contributed by atoms with van der Waals surface area (Å²) >= 11 is 1.64. The summed E-state index contributed by atoms with van der Waals surface area (Å²) in [5, 5.41) is 7.23. The van der Waals surface area contributed by atoms with E-state index in [1.54, 1.807) is 11.3 Å². The second kappa shape index (κ2) is 13.9. The van der Waals surface area contributed by atoms with Gasteiger partial charge in [0.25, 0.3) is 5.91 Å². The van der Waals surface area contributed by atoms with Crippen molar-refractivity contribution in [3.8, 4) is 0 Å². The number of pyridine rings is 1. The number of amides is 3. The SMILES string of the molecule is CONC(=O)N(Cc1ccsc1)C1CCN(C(C)CCNC(=O)c2c(C)cc(CC(C)C)nc2C)CC1. The van der Waals surface area contributed by atoms with Gasteiger partial charge in [0.15, 0.2) is 0 Å². The normalized spacial score (nSPS) is 15.5. The molecule has 9 heteroatoms. The summed E-state index contributed by atoms with van der Waals surface area (Å²) in [6, 6.07) is 4.41. The van der Waals surface area contributed by atoms with E-state index in [1.807, 2.05) is 30.2 Å². The van der Waals surface area contributed by atoms with E-state index in [0.717, 1.165) is 61.3 Å². The van der Waals surface area contributed by atoms with Crippen LogP contribution in [0.25, 0.3) is 0 Å². The Hall–Kier alpha value is -2.49. The number of aromatic nitrogens is 1. The maximum atomic E-state index is 12.9. The fraction of sp³-hybridized carbons (Fsp3) is 0.607. The quantitative estimate of drug-likeness (QED) is 0.412. The molecule has 0 spiro atoms. The van der Waals surface area contributed by atoms with Gasteiger partial charge in [-0.05, 0) is 86.4 Å². The van der Waals surface area contributed by atoms with Crippen LogP contribution >= 0.6 is 11.3 Å². The van der Waals surface area contributed by atoms with Gasteiger partial charge >= 0.3 is 6.03 Å². The third kappa shape index (κ3) is 8.25. The van der Waals surface area contributed by atoms with E-state index >= 15 is 0 Å². The summed E-state index contributed by atoms with van der Waals surface area (Å²) in [7, 11) is 1.46. The first-order valence-corrected chi connectivity index (χ1v) is 14.2. The highest BCUT2D eigenvalue weighted by atomic mass is 32.1. The molecule has 0 aromatic carbocycles. The molecule has 1 fully saturated rings. The topological polar surface area (TPSA) is 86.8 Å². The molecule has 1 atom stereocenters. The molecule has 0 radical (unpaired) electrons. The summed E-state index contributed by atoms with van der Waals surface area (Å²) in [6.45, 7) is 13.5. The van der Waals surface area contributed by atoms with Crippen molar-refractivity contribution in [3.63, 3.8) is 0 Å². The molecule has 2 aromatic rings. The number of hydrogen-bond acceptors (Lipinski definition) is 6. The fourth-order valence-corrected chi connectivity index (χ4v) is 5.83. The fourth-order valence-electron chi connectivity index (χ4n) is 5.17.